The number of hydrogen-bond donors (Lipinski definition) is 2. The Labute approximate surface area is 147 Å². The van der Waals surface area contributed by atoms with E-state index in [1.165, 1.54) is 0 Å². The molecule has 1 saturated carbocycles. The molecule has 1 fully saturated rings. The zero-order valence-corrected chi connectivity index (χ0v) is 15.4. The number of rotatable bonds is 0. The first-order valence-electron chi connectivity index (χ1n) is 9.18. The molecule has 2 aromatic rings. The van der Waals surface area contributed by atoms with Crippen molar-refractivity contribution in [2.24, 2.45) is 11.3 Å². The van der Waals surface area contributed by atoms with E-state index in [0.29, 0.717) is 29.2 Å². The molecule has 0 unspecified atom stereocenters. The van der Waals surface area contributed by atoms with Crippen LogP contribution in [0, 0.1) is 18.3 Å². The van der Waals surface area contributed by atoms with Crippen LogP contribution in [0.5, 0.6) is 11.5 Å². The van der Waals surface area contributed by atoms with Crippen molar-refractivity contribution in [2.75, 3.05) is 0 Å². The quantitative estimate of drug-likeness (QED) is 0.645. The fraction of sp³-hybridized carbons (Fsp3) is 0.571. The van der Waals surface area contributed by atoms with E-state index < -0.39 is 0 Å². The number of phenols is 2. The molecule has 2 N–H and O–H groups in total. The van der Waals surface area contributed by atoms with Crippen molar-refractivity contribution in [1.82, 2.24) is 0 Å². The standard InChI is InChI=1S/C21H26O4/c1-11-17(24)14(23)10-12-16-19(25-18(11)12)13(22)6-7-15-20(2,3)8-5-9-21(15,16)4/h10,15,23-24H,5-9H2,1-4H3/t15-,21-/m1/s1. The molecule has 0 radical (unpaired) electrons. The van der Waals surface area contributed by atoms with Gasteiger partial charge in [-0.15, -0.1) is 0 Å². The summed E-state index contributed by atoms with van der Waals surface area (Å²) >= 11 is 0. The molecule has 0 bridgehead atoms. The summed E-state index contributed by atoms with van der Waals surface area (Å²) < 4.78 is 6.01. The SMILES string of the molecule is Cc1c(O)c(O)cc2c3c(oc12)C(=O)CC[C@@H]1C(C)(C)CCC[C@@]31C. The Kier molecular flexibility index (Phi) is 3.32. The van der Waals surface area contributed by atoms with Crippen molar-refractivity contribution in [3.05, 3.63) is 23.0 Å². The first-order chi connectivity index (χ1) is 11.7. The van der Waals surface area contributed by atoms with E-state index in [4.69, 9.17) is 4.42 Å². The molecule has 0 spiro atoms. The molecule has 0 aliphatic heterocycles. The largest absolute Gasteiger partial charge is 0.504 e. The minimum atomic E-state index is -0.172. The molecule has 1 aromatic carbocycles. The van der Waals surface area contributed by atoms with Gasteiger partial charge in [0.25, 0.3) is 0 Å². The lowest BCUT2D eigenvalue weighted by Crippen LogP contribution is -2.44. The highest BCUT2D eigenvalue weighted by Gasteiger charge is 2.51. The molecule has 4 rings (SSSR count). The molecule has 4 nitrogen and oxygen atoms in total. The molecular formula is C21H26O4. The average Bonchev–Trinajstić information content (AvgIpc) is 2.86. The Morgan fingerprint density at radius 2 is 1.92 bits per heavy atom. The monoisotopic (exact) mass is 342 g/mol. The lowest BCUT2D eigenvalue weighted by atomic mass is 9.53. The number of fused-ring (bicyclic) bond motifs is 5. The minimum Gasteiger partial charge on any atom is -0.504 e. The first kappa shape index (κ1) is 16.5. The van der Waals surface area contributed by atoms with Gasteiger partial charge in [-0.1, -0.05) is 27.2 Å². The highest BCUT2D eigenvalue weighted by Crippen LogP contribution is 2.58. The number of aromatic hydroxyl groups is 2. The van der Waals surface area contributed by atoms with E-state index in [2.05, 4.69) is 20.8 Å². The number of phenolic OH excluding ortho intramolecular Hbond substituents is 2. The number of carbonyl (C=O) groups excluding carboxylic acids is 1. The zero-order valence-electron chi connectivity index (χ0n) is 15.4. The highest BCUT2D eigenvalue weighted by atomic mass is 16.3. The molecule has 2 aliphatic carbocycles. The van der Waals surface area contributed by atoms with Gasteiger partial charge in [-0.3, -0.25) is 4.79 Å². The fourth-order valence-electron chi connectivity index (χ4n) is 5.65. The van der Waals surface area contributed by atoms with Crippen molar-refractivity contribution in [1.29, 1.82) is 0 Å². The van der Waals surface area contributed by atoms with E-state index >= 15 is 0 Å². The maximum atomic E-state index is 12.8. The van der Waals surface area contributed by atoms with Crippen LogP contribution >= 0.6 is 0 Å². The number of carbonyl (C=O) groups is 1. The number of ketones is 1. The Hall–Kier alpha value is -1.97. The van der Waals surface area contributed by atoms with Gasteiger partial charge in [0.2, 0.25) is 0 Å². The molecule has 2 atom stereocenters. The van der Waals surface area contributed by atoms with Crippen molar-refractivity contribution in [2.45, 2.75) is 65.2 Å². The molecule has 0 amide bonds. The molecule has 134 valence electrons. The van der Waals surface area contributed by atoms with Gasteiger partial charge in [0, 0.05) is 28.3 Å². The van der Waals surface area contributed by atoms with Gasteiger partial charge in [0.1, 0.15) is 5.58 Å². The third-order valence-electron chi connectivity index (χ3n) is 6.88. The van der Waals surface area contributed by atoms with Gasteiger partial charge in [0.05, 0.1) is 0 Å². The topological polar surface area (TPSA) is 70.7 Å². The summed E-state index contributed by atoms with van der Waals surface area (Å²) in [5, 5.41) is 21.0. The second-order valence-corrected chi connectivity index (χ2v) is 8.83. The first-order valence-corrected chi connectivity index (χ1v) is 9.18. The van der Waals surface area contributed by atoms with E-state index in [1.807, 2.05) is 0 Å². The van der Waals surface area contributed by atoms with Crippen LogP contribution in [-0.2, 0) is 5.41 Å². The normalized spacial score (nSPS) is 28.5. The third-order valence-corrected chi connectivity index (χ3v) is 6.88. The van der Waals surface area contributed by atoms with Gasteiger partial charge < -0.3 is 14.6 Å². The maximum absolute atomic E-state index is 12.8. The molecule has 1 aromatic heterocycles. The predicted octanol–water partition coefficient (Wildman–Crippen LogP) is 5.21. The van der Waals surface area contributed by atoms with Crippen molar-refractivity contribution in [3.8, 4) is 11.5 Å². The van der Waals surface area contributed by atoms with E-state index in [9.17, 15) is 15.0 Å². The molecule has 0 saturated heterocycles. The molecule has 25 heavy (non-hydrogen) atoms. The van der Waals surface area contributed by atoms with Crippen LogP contribution in [-0.4, -0.2) is 16.0 Å². The number of benzene rings is 1. The summed E-state index contributed by atoms with van der Waals surface area (Å²) in [5.41, 5.74) is 1.96. The Balaban J connectivity index is 2.09. The van der Waals surface area contributed by atoms with E-state index in [1.54, 1.807) is 13.0 Å². The van der Waals surface area contributed by atoms with Gasteiger partial charge in [0.15, 0.2) is 23.0 Å². The smallest absolute Gasteiger partial charge is 0.198 e. The number of hydrogen-bond acceptors (Lipinski definition) is 4. The van der Waals surface area contributed by atoms with Crippen LogP contribution in [0.15, 0.2) is 10.5 Å². The van der Waals surface area contributed by atoms with Gasteiger partial charge in [-0.25, -0.2) is 0 Å². The summed E-state index contributed by atoms with van der Waals surface area (Å²) in [6, 6.07) is 1.57. The van der Waals surface area contributed by atoms with Crippen LogP contribution in [0.4, 0.5) is 0 Å². The molecular weight excluding hydrogens is 316 g/mol. The van der Waals surface area contributed by atoms with Gasteiger partial charge in [-0.2, -0.15) is 0 Å². The Bertz CT molecular complexity index is 889. The van der Waals surface area contributed by atoms with Crippen LogP contribution < -0.4 is 0 Å². The summed E-state index contributed by atoms with van der Waals surface area (Å²) in [4.78, 5) is 12.8. The fourth-order valence-corrected chi connectivity index (χ4v) is 5.65. The van der Waals surface area contributed by atoms with Gasteiger partial charge in [-0.05, 0) is 43.6 Å². The predicted molar refractivity (Wildman–Crippen MR) is 96.3 cm³/mol. The second-order valence-electron chi connectivity index (χ2n) is 8.83. The van der Waals surface area contributed by atoms with Crippen molar-refractivity contribution in [3.63, 3.8) is 0 Å². The van der Waals surface area contributed by atoms with Gasteiger partial charge >= 0.3 is 0 Å². The Morgan fingerprint density at radius 1 is 1.20 bits per heavy atom. The second kappa shape index (κ2) is 5.03. The molecule has 4 heteroatoms. The lowest BCUT2D eigenvalue weighted by molar-refractivity contribution is 0.0504. The van der Waals surface area contributed by atoms with Crippen molar-refractivity contribution >= 4 is 16.8 Å². The average molecular weight is 342 g/mol. The number of Topliss-reactive ketones (excluding diaryl/α,β-unsaturated/α-hetero) is 1. The minimum absolute atomic E-state index is 0.0380. The number of furan rings is 1. The zero-order chi connectivity index (χ0) is 18.1. The van der Waals surface area contributed by atoms with Crippen molar-refractivity contribution < 1.29 is 19.4 Å². The summed E-state index contributed by atoms with van der Waals surface area (Å²) in [7, 11) is 0. The maximum Gasteiger partial charge on any atom is 0.198 e. The summed E-state index contributed by atoms with van der Waals surface area (Å²) in [6.45, 7) is 8.59. The van der Waals surface area contributed by atoms with Crippen LogP contribution in [0.25, 0.3) is 11.0 Å². The number of aryl methyl sites for hydroxylation is 1. The van der Waals surface area contributed by atoms with Crippen LogP contribution in [0.3, 0.4) is 0 Å². The summed E-state index contributed by atoms with van der Waals surface area (Å²) in [5.74, 6) is 0.535. The third kappa shape index (κ3) is 2.09. The lowest BCUT2D eigenvalue weighted by Gasteiger charge is -2.50. The van der Waals surface area contributed by atoms with E-state index in [-0.39, 0.29) is 28.1 Å². The van der Waals surface area contributed by atoms with E-state index in [0.717, 1.165) is 36.6 Å². The molecule has 2 aliphatic rings. The Morgan fingerprint density at radius 3 is 2.64 bits per heavy atom. The highest BCUT2D eigenvalue weighted by molar-refractivity contribution is 6.03. The van der Waals surface area contributed by atoms with Crippen LogP contribution in [0.2, 0.25) is 0 Å². The van der Waals surface area contributed by atoms with Crippen LogP contribution in [0.1, 0.15) is 74.6 Å². The molecule has 1 heterocycles. The summed E-state index contributed by atoms with van der Waals surface area (Å²) in [6.07, 6.45) is 4.66.